The molecule has 0 N–H and O–H groups in total. The van der Waals surface area contributed by atoms with Crippen molar-refractivity contribution in [1.82, 2.24) is 8.96 Å². The van der Waals surface area contributed by atoms with Crippen molar-refractivity contribution >= 4 is 232 Å². The normalized spacial score (nSPS) is 13.8. The highest BCUT2D eigenvalue weighted by Crippen LogP contribution is 2.57. The Hall–Kier alpha value is -14.1. The first-order valence-corrected chi connectivity index (χ1v) is 46.4. The third kappa shape index (κ3) is 10.1. The summed E-state index contributed by atoms with van der Waals surface area (Å²) in [5.74, 6) is 0. The molecule has 4 aliphatic heterocycles. The molecule has 27 rings (SSSR count). The van der Waals surface area contributed by atoms with Crippen molar-refractivity contribution in [3.05, 3.63) is 336 Å². The van der Waals surface area contributed by atoms with Crippen LogP contribution < -0.4 is 31.7 Å². The number of furan rings is 1. The molecule has 3 aromatic heterocycles. The van der Waals surface area contributed by atoms with Gasteiger partial charge < -0.3 is 23.2 Å². The maximum atomic E-state index is 7.97. The Bertz CT molecular complexity index is 9130. The number of nitrogens with zero attached hydrogens (tertiary/aromatic N) is 4. The van der Waals surface area contributed by atoms with Crippen LogP contribution in [-0.4, -0.2) is 22.7 Å². The quantitative estimate of drug-likeness (QED) is 0.130. The molecule has 0 saturated heterocycles. The van der Waals surface area contributed by atoms with Gasteiger partial charge in [-0.1, -0.05) is 283 Å². The summed E-state index contributed by atoms with van der Waals surface area (Å²) in [7, 11) is 0. The van der Waals surface area contributed by atoms with Crippen LogP contribution in [0.4, 0.5) is 34.1 Å². The van der Waals surface area contributed by atoms with E-state index in [0.717, 1.165) is 44.3 Å². The molecule has 0 atom stereocenters. The summed E-state index contributed by atoms with van der Waals surface area (Å²) in [4.78, 5) is 5.39. The molecule has 129 heavy (non-hydrogen) atoms. The van der Waals surface area contributed by atoms with Gasteiger partial charge in [0.2, 0.25) is 0 Å². The Morgan fingerprint density at radius 1 is 0.256 bits per heavy atom. The van der Waals surface area contributed by atoms with E-state index in [2.05, 4.69) is 421 Å². The summed E-state index contributed by atoms with van der Waals surface area (Å²) >= 11 is 0. The molecule has 616 valence electrons. The molecule has 5 nitrogen and oxygen atoms in total. The number of rotatable bonds is 3. The standard InChI is InChI=1S/C122H96B2N4O/c1-65-82-34-27-28-35-83(82)66(2)94-62-104-100(60-92(65)94)124-115-106(126(104)81-58-78(121(11,12)13)55-79(59-81)122(14,15)16)64-96-90-46-42-72(53-107(90)129-118(96)113(115)98-51-74-32-20-26-40-89(74)112-110-86-37-23-18-30-70(86)44-48-102(110)128(124)117(98)112)71-41-45-84-67(3)93-61-99-103(63-95(93)68(4)91(84)49-71)125(80-56-76(119(5,6)7)54-77(57-80)120(8,9)10)105-52-75-33-21-24-38-87(75)108-97-50-73-31-19-25-39-88(73)111-109-85-36-22-17-29-69(85)43-47-101(109)127(116(97)111)123(99)114(105)108/h17-64H,1-16H3. The second-order valence-corrected chi connectivity index (χ2v) is 42.4. The monoisotopic (exact) mass is 1650 g/mol. The van der Waals surface area contributed by atoms with Gasteiger partial charge in [-0.2, -0.15) is 0 Å². The summed E-state index contributed by atoms with van der Waals surface area (Å²) in [6.07, 6.45) is 0. The lowest BCUT2D eigenvalue weighted by atomic mass is 9.44. The average Bonchev–Trinajstić information content (AvgIpc) is 1.59. The van der Waals surface area contributed by atoms with Gasteiger partial charge in [0.05, 0.1) is 0 Å². The molecular weight excluding hydrogens is 1560 g/mol. The maximum Gasteiger partial charge on any atom is 0.333 e. The maximum absolute atomic E-state index is 7.97. The lowest BCUT2D eigenvalue weighted by molar-refractivity contribution is 0.568. The van der Waals surface area contributed by atoms with Crippen LogP contribution in [0.3, 0.4) is 0 Å². The van der Waals surface area contributed by atoms with E-state index in [-0.39, 0.29) is 35.4 Å². The lowest BCUT2D eigenvalue weighted by Gasteiger charge is -2.42. The highest BCUT2D eigenvalue weighted by molar-refractivity contribution is 6.92. The fourth-order valence-corrected chi connectivity index (χ4v) is 24.4. The molecule has 0 radical (unpaired) electrons. The minimum Gasteiger partial charge on any atom is -0.455 e. The van der Waals surface area contributed by atoms with Gasteiger partial charge in [-0.25, -0.2) is 0 Å². The fraction of sp³-hybridized carbons (Fsp3) is 0.164. The van der Waals surface area contributed by atoms with Gasteiger partial charge in [0, 0.05) is 105 Å². The molecule has 4 aliphatic rings. The molecule has 20 aromatic carbocycles. The topological polar surface area (TPSA) is 29.5 Å². The number of aryl methyl sites for hydroxylation is 4. The first kappa shape index (κ1) is 75.1. The summed E-state index contributed by atoms with van der Waals surface area (Å²) in [6, 6.07) is 114. The number of hydrogen-bond donors (Lipinski definition) is 0. The molecule has 0 bridgehead atoms. The predicted octanol–water partition coefficient (Wildman–Crippen LogP) is 31.1. The molecule has 0 spiro atoms. The number of benzene rings is 20. The number of fused-ring (bicyclic) bond motifs is 32. The molecule has 0 amide bonds. The fourth-order valence-electron chi connectivity index (χ4n) is 24.4. The van der Waals surface area contributed by atoms with Crippen molar-refractivity contribution in [2.45, 2.75) is 132 Å². The van der Waals surface area contributed by atoms with Gasteiger partial charge in [0.15, 0.2) is 0 Å². The number of hydrogen-bond acceptors (Lipinski definition) is 3. The summed E-state index contributed by atoms with van der Waals surface area (Å²) < 4.78 is 13.5. The van der Waals surface area contributed by atoms with Crippen LogP contribution >= 0.6 is 0 Å². The molecule has 7 heterocycles. The van der Waals surface area contributed by atoms with Crippen molar-refractivity contribution in [2.75, 3.05) is 9.80 Å². The molecule has 7 heteroatoms. The minimum atomic E-state index is -0.260. The summed E-state index contributed by atoms with van der Waals surface area (Å²) in [6.45, 7) is 37.6. The van der Waals surface area contributed by atoms with E-state index in [0.29, 0.717) is 0 Å². The van der Waals surface area contributed by atoms with E-state index in [9.17, 15) is 0 Å². The predicted molar refractivity (Wildman–Crippen MR) is 558 cm³/mol. The van der Waals surface area contributed by atoms with Crippen LogP contribution in [0.15, 0.2) is 296 Å². The smallest absolute Gasteiger partial charge is 0.333 e. The second kappa shape index (κ2) is 25.4. The van der Waals surface area contributed by atoms with E-state index in [1.807, 2.05) is 0 Å². The number of anilines is 6. The van der Waals surface area contributed by atoms with Crippen LogP contribution in [0.1, 0.15) is 128 Å². The van der Waals surface area contributed by atoms with Crippen LogP contribution in [0.5, 0.6) is 0 Å². The van der Waals surface area contributed by atoms with Crippen LogP contribution in [0, 0.1) is 27.7 Å². The van der Waals surface area contributed by atoms with E-state index in [1.165, 1.54) is 252 Å². The highest BCUT2D eigenvalue weighted by atomic mass is 16.3. The van der Waals surface area contributed by atoms with Crippen LogP contribution in [0.25, 0.3) is 196 Å². The van der Waals surface area contributed by atoms with Crippen molar-refractivity contribution in [3.8, 4) is 33.4 Å². The Kier molecular flexibility index (Phi) is 14.8. The van der Waals surface area contributed by atoms with Crippen LogP contribution in [-0.2, 0) is 21.7 Å². The molecule has 0 fully saturated rings. The van der Waals surface area contributed by atoms with Crippen LogP contribution in [0.2, 0.25) is 0 Å². The Labute approximate surface area is 751 Å². The Morgan fingerprint density at radius 2 is 0.605 bits per heavy atom. The first-order chi connectivity index (χ1) is 62.2. The molecular formula is C122H96B2N4O. The third-order valence-electron chi connectivity index (χ3n) is 31.0. The van der Waals surface area contributed by atoms with Crippen molar-refractivity contribution in [3.63, 3.8) is 0 Å². The summed E-state index contributed by atoms with van der Waals surface area (Å²) in [5.41, 5.74) is 36.2. The molecule has 0 unspecified atom stereocenters. The molecule has 23 aromatic rings. The number of aromatic nitrogens is 2. The van der Waals surface area contributed by atoms with Crippen molar-refractivity contribution < 1.29 is 4.42 Å². The van der Waals surface area contributed by atoms with Gasteiger partial charge in [0.25, 0.3) is 0 Å². The van der Waals surface area contributed by atoms with Crippen molar-refractivity contribution in [2.24, 2.45) is 0 Å². The molecule has 0 saturated carbocycles. The second-order valence-electron chi connectivity index (χ2n) is 42.4. The van der Waals surface area contributed by atoms with E-state index >= 15 is 0 Å². The van der Waals surface area contributed by atoms with Gasteiger partial charge >= 0.3 is 13.7 Å². The Balaban J connectivity index is 0.713. The minimum absolute atomic E-state index is 0.137. The third-order valence-corrected chi connectivity index (χ3v) is 31.0. The van der Waals surface area contributed by atoms with E-state index < -0.39 is 0 Å². The van der Waals surface area contributed by atoms with Gasteiger partial charge in [-0.15, -0.1) is 0 Å². The first-order valence-electron chi connectivity index (χ1n) is 46.4. The summed E-state index contributed by atoms with van der Waals surface area (Å²) in [5, 5.41) is 30.1. The zero-order valence-corrected chi connectivity index (χ0v) is 76.1. The van der Waals surface area contributed by atoms with E-state index in [1.54, 1.807) is 0 Å². The van der Waals surface area contributed by atoms with Gasteiger partial charge in [-0.3, -0.25) is 0 Å². The largest absolute Gasteiger partial charge is 0.455 e. The average molecular weight is 1660 g/mol. The van der Waals surface area contributed by atoms with E-state index in [4.69, 9.17) is 4.42 Å². The SMILES string of the molecule is Cc1c2ccc(-c3ccc4c(c3)oc3c5c6c(cc34)N(c3cc(C(C)(C)C)cc(C(C)(C)C)c3)c3cc4c(C)c7ccccc7c(C)c4cc3B6n3c4ccc6ccccc6c4c4c6ccccc6cc-5c43)cc2c(C)c2cc3c(cc12)B1c2c(cc4ccccc4c2-c2cc4ccccc4c4c5c6ccccc6ccc5n1c24)N3c1cc(C(C)(C)C)cc(C(C)(C)C)c1. The highest BCUT2D eigenvalue weighted by Gasteiger charge is 2.49. The Morgan fingerprint density at radius 3 is 1.07 bits per heavy atom. The lowest BCUT2D eigenvalue weighted by Crippen LogP contribution is -2.56. The zero-order chi connectivity index (χ0) is 87.3. The van der Waals surface area contributed by atoms with Gasteiger partial charge in [0.1, 0.15) is 11.2 Å². The van der Waals surface area contributed by atoms with Crippen molar-refractivity contribution in [1.29, 1.82) is 0 Å². The zero-order valence-electron chi connectivity index (χ0n) is 76.1. The molecule has 0 aliphatic carbocycles. The van der Waals surface area contributed by atoms with Gasteiger partial charge in [-0.05, 0) is 320 Å².